The fraction of sp³-hybridized carbons (Fsp3) is 0.600. The van der Waals surface area contributed by atoms with Crippen LogP contribution < -0.4 is 10.1 Å². The molecule has 2 atom stereocenters. The minimum atomic E-state index is -4.73. The number of benzene rings is 1. The Balaban J connectivity index is 0.00000264. The van der Waals surface area contributed by atoms with Gasteiger partial charge in [0.1, 0.15) is 5.75 Å². The first-order valence-electron chi connectivity index (χ1n) is 7.16. The largest absolute Gasteiger partial charge is 0.573 e. The number of morpholine rings is 1. The average Bonchev–Trinajstić information content (AvgIpc) is 2.46. The number of hydrogen-bond donors (Lipinski definition) is 2. The molecular formula is C15H21ClF3NO3. The Morgan fingerprint density at radius 2 is 2.04 bits per heavy atom. The lowest BCUT2D eigenvalue weighted by Gasteiger charge is -2.36. The third-order valence-electron chi connectivity index (χ3n) is 3.72. The molecule has 1 aromatic carbocycles. The predicted octanol–water partition coefficient (Wildman–Crippen LogP) is 2.68. The highest BCUT2D eigenvalue weighted by Gasteiger charge is 2.35. The van der Waals surface area contributed by atoms with E-state index >= 15 is 0 Å². The van der Waals surface area contributed by atoms with Gasteiger partial charge in [-0.1, -0.05) is 18.2 Å². The van der Waals surface area contributed by atoms with Crippen LogP contribution in [0.2, 0.25) is 0 Å². The lowest BCUT2D eigenvalue weighted by Crippen LogP contribution is -2.51. The summed E-state index contributed by atoms with van der Waals surface area (Å²) < 4.78 is 46.7. The topological polar surface area (TPSA) is 50.7 Å². The number of alkyl halides is 3. The number of nitrogens with one attached hydrogen (secondary N) is 1. The van der Waals surface area contributed by atoms with Crippen molar-refractivity contribution in [1.29, 1.82) is 0 Å². The lowest BCUT2D eigenvalue weighted by molar-refractivity contribution is -0.274. The Hall–Kier alpha value is -1.02. The summed E-state index contributed by atoms with van der Waals surface area (Å²) in [6.45, 7) is 3.40. The molecule has 2 rings (SSSR count). The molecule has 0 aromatic heterocycles. The maximum atomic E-state index is 12.4. The van der Waals surface area contributed by atoms with Crippen LogP contribution in [0.4, 0.5) is 13.2 Å². The first-order chi connectivity index (χ1) is 10.3. The van der Waals surface area contributed by atoms with Crippen LogP contribution in [0, 0.1) is 0 Å². The van der Waals surface area contributed by atoms with Gasteiger partial charge in [-0.2, -0.15) is 0 Å². The van der Waals surface area contributed by atoms with E-state index in [2.05, 4.69) is 10.1 Å². The minimum Gasteiger partial charge on any atom is -0.406 e. The second kappa shape index (κ2) is 8.19. The highest BCUT2D eigenvalue weighted by molar-refractivity contribution is 5.85. The molecule has 2 N–H and O–H groups in total. The number of rotatable bonds is 5. The van der Waals surface area contributed by atoms with Gasteiger partial charge in [0.15, 0.2) is 0 Å². The fourth-order valence-electron chi connectivity index (χ4n) is 2.45. The normalized spacial score (nSPS) is 21.2. The summed E-state index contributed by atoms with van der Waals surface area (Å²) in [4.78, 5) is 0. The zero-order valence-electron chi connectivity index (χ0n) is 12.7. The van der Waals surface area contributed by atoms with E-state index in [0.29, 0.717) is 18.7 Å². The van der Waals surface area contributed by atoms with Crippen LogP contribution in [0.5, 0.6) is 5.75 Å². The standard InChI is InChI=1S/C15H20F3NO3.ClH/c1-14(20,13-10-19-8-9-21-13)7-6-11-4-2-3-5-12(11)22-15(16,17)18;/h2-5,13,19-20H,6-10H2,1H3;1H. The van der Waals surface area contributed by atoms with Gasteiger partial charge in [0.25, 0.3) is 0 Å². The number of aliphatic hydroxyl groups is 1. The molecule has 1 aliphatic rings. The molecule has 0 aliphatic carbocycles. The first-order valence-corrected chi connectivity index (χ1v) is 7.16. The maximum Gasteiger partial charge on any atom is 0.573 e. The molecule has 0 bridgehead atoms. The number of aryl methyl sites for hydroxylation is 1. The second-order valence-electron chi connectivity index (χ2n) is 5.58. The van der Waals surface area contributed by atoms with Gasteiger partial charge < -0.3 is 19.9 Å². The van der Waals surface area contributed by atoms with Crippen LogP contribution in [-0.2, 0) is 11.2 Å². The quantitative estimate of drug-likeness (QED) is 0.852. The Bertz CT molecular complexity index is 491. The van der Waals surface area contributed by atoms with E-state index in [4.69, 9.17) is 4.74 Å². The van der Waals surface area contributed by atoms with Crippen molar-refractivity contribution in [1.82, 2.24) is 5.32 Å². The number of para-hydroxylation sites is 1. The summed E-state index contributed by atoms with van der Waals surface area (Å²) in [5.41, 5.74) is -0.720. The van der Waals surface area contributed by atoms with E-state index in [9.17, 15) is 18.3 Å². The van der Waals surface area contributed by atoms with Crippen molar-refractivity contribution in [3.63, 3.8) is 0 Å². The molecule has 2 unspecified atom stereocenters. The number of ether oxygens (including phenoxy) is 2. The van der Waals surface area contributed by atoms with Crippen molar-refractivity contribution in [2.45, 2.75) is 37.8 Å². The number of hydrogen-bond acceptors (Lipinski definition) is 4. The highest BCUT2D eigenvalue weighted by atomic mass is 35.5. The van der Waals surface area contributed by atoms with Gasteiger partial charge in [0.2, 0.25) is 0 Å². The third kappa shape index (κ3) is 6.18. The van der Waals surface area contributed by atoms with Crippen LogP contribution in [0.1, 0.15) is 18.9 Å². The summed E-state index contributed by atoms with van der Waals surface area (Å²) in [6.07, 6.45) is -4.57. The smallest absolute Gasteiger partial charge is 0.406 e. The molecule has 1 saturated heterocycles. The van der Waals surface area contributed by atoms with Crippen molar-refractivity contribution in [2.24, 2.45) is 0 Å². The van der Waals surface area contributed by atoms with Gasteiger partial charge in [0.05, 0.1) is 18.3 Å². The number of halogens is 4. The van der Waals surface area contributed by atoms with Gasteiger partial charge in [-0.25, -0.2) is 0 Å². The molecule has 0 saturated carbocycles. The molecule has 1 fully saturated rings. The van der Waals surface area contributed by atoms with Crippen molar-refractivity contribution >= 4 is 12.4 Å². The van der Waals surface area contributed by atoms with Crippen molar-refractivity contribution in [2.75, 3.05) is 19.7 Å². The Kier molecular flexibility index (Phi) is 7.13. The monoisotopic (exact) mass is 355 g/mol. The van der Waals surface area contributed by atoms with E-state index in [-0.39, 0.29) is 37.1 Å². The Morgan fingerprint density at radius 3 is 2.65 bits per heavy atom. The summed E-state index contributed by atoms with van der Waals surface area (Å²) >= 11 is 0. The van der Waals surface area contributed by atoms with E-state index in [1.165, 1.54) is 12.1 Å². The molecule has 0 amide bonds. The Labute approximate surface area is 139 Å². The van der Waals surface area contributed by atoms with Crippen molar-refractivity contribution in [3.8, 4) is 5.75 Å². The van der Waals surface area contributed by atoms with Crippen LogP contribution in [0.25, 0.3) is 0 Å². The maximum absolute atomic E-state index is 12.4. The Morgan fingerprint density at radius 1 is 1.35 bits per heavy atom. The highest BCUT2D eigenvalue weighted by Crippen LogP contribution is 2.29. The molecule has 1 aromatic rings. The molecule has 1 heterocycles. The summed E-state index contributed by atoms with van der Waals surface area (Å²) in [6, 6.07) is 5.97. The third-order valence-corrected chi connectivity index (χ3v) is 3.72. The van der Waals surface area contributed by atoms with E-state index in [0.717, 1.165) is 6.54 Å². The van der Waals surface area contributed by atoms with Crippen LogP contribution >= 0.6 is 12.4 Å². The van der Waals surface area contributed by atoms with E-state index < -0.39 is 12.0 Å². The minimum absolute atomic E-state index is 0. The molecule has 23 heavy (non-hydrogen) atoms. The zero-order chi connectivity index (χ0) is 16.2. The van der Waals surface area contributed by atoms with Gasteiger partial charge >= 0.3 is 6.36 Å². The van der Waals surface area contributed by atoms with Crippen molar-refractivity contribution in [3.05, 3.63) is 29.8 Å². The van der Waals surface area contributed by atoms with Crippen LogP contribution in [0.15, 0.2) is 24.3 Å². The summed E-state index contributed by atoms with van der Waals surface area (Å²) in [7, 11) is 0. The summed E-state index contributed by atoms with van der Waals surface area (Å²) in [5.74, 6) is -0.228. The zero-order valence-corrected chi connectivity index (χ0v) is 13.5. The second-order valence-corrected chi connectivity index (χ2v) is 5.58. The molecular weight excluding hydrogens is 335 g/mol. The van der Waals surface area contributed by atoms with Crippen molar-refractivity contribution < 1.29 is 27.8 Å². The molecule has 132 valence electrons. The SMILES string of the molecule is CC(O)(CCc1ccccc1OC(F)(F)F)C1CNCCO1.Cl. The first kappa shape index (κ1) is 20.0. The lowest BCUT2D eigenvalue weighted by atomic mass is 9.90. The average molecular weight is 356 g/mol. The summed E-state index contributed by atoms with van der Waals surface area (Å²) in [5, 5.41) is 13.6. The van der Waals surface area contributed by atoms with Gasteiger partial charge in [0, 0.05) is 13.1 Å². The molecule has 4 nitrogen and oxygen atoms in total. The molecule has 1 aliphatic heterocycles. The van der Waals surface area contributed by atoms with Crippen LogP contribution in [0.3, 0.4) is 0 Å². The molecule has 0 radical (unpaired) electrons. The van der Waals surface area contributed by atoms with E-state index in [1.54, 1.807) is 19.1 Å². The fourth-order valence-corrected chi connectivity index (χ4v) is 2.45. The van der Waals surface area contributed by atoms with E-state index in [1.807, 2.05) is 0 Å². The van der Waals surface area contributed by atoms with Gasteiger partial charge in [-0.15, -0.1) is 25.6 Å². The van der Waals surface area contributed by atoms with Crippen LogP contribution in [-0.4, -0.2) is 42.9 Å². The molecule has 8 heteroatoms. The van der Waals surface area contributed by atoms with Gasteiger partial charge in [-0.3, -0.25) is 0 Å². The molecule has 0 spiro atoms. The van der Waals surface area contributed by atoms with Gasteiger partial charge in [-0.05, 0) is 31.4 Å². The predicted molar refractivity (Wildman–Crippen MR) is 81.9 cm³/mol.